The van der Waals surface area contributed by atoms with Crippen molar-refractivity contribution in [1.82, 2.24) is 10.4 Å². The Bertz CT molecular complexity index is 580. The number of rotatable bonds is 5. The second-order valence-corrected chi connectivity index (χ2v) is 4.78. The lowest BCUT2D eigenvalue weighted by Crippen LogP contribution is -2.64. The number of carbonyl (C=O) groups is 2. The maximum atomic E-state index is 11.5. The van der Waals surface area contributed by atoms with E-state index in [2.05, 4.69) is 9.60 Å². The van der Waals surface area contributed by atoms with Crippen molar-refractivity contribution in [2.45, 2.75) is 12.5 Å². The Hall–Kier alpha value is -1.91. The first-order chi connectivity index (χ1) is 8.85. The summed E-state index contributed by atoms with van der Waals surface area (Å²) in [6.07, 6.45) is 1.38. The van der Waals surface area contributed by atoms with Crippen molar-refractivity contribution in [2.24, 2.45) is 0 Å². The molecule has 1 aliphatic rings. The molecule has 0 aromatic carbocycles. The number of nitrogens with zero attached hydrogens (tertiary/aromatic N) is 1. The Labute approximate surface area is 108 Å². The van der Waals surface area contributed by atoms with Crippen LogP contribution in [0.15, 0.2) is 22.8 Å². The lowest BCUT2D eigenvalue weighted by Gasteiger charge is -2.35. The van der Waals surface area contributed by atoms with Crippen molar-refractivity contribution >= 4 is 22.2 Å². The molecule has 1 fully saturated rings. The largest absolute Gasteiger partial charge is 0.469 e. The SMILES string of the molecule is O=C(Cc1ccco1)N[C@H]1CN(OS(=O)(=O)O)C1=O. The van der Waals surface area contributed by atoms with Gasteiger partial charge in [-0.05, 0) is 12.1 Å². The molecule has 104 valence electrons. The van der Waals surface area contributed by atoms with E-state index < -0.39 is 28.3 Å². The molecule has 1 atom stereocenters. The maximum absolute atomic E-state index is 11.5. The average molecular weight is 290 g/mol. The number of hydroxylamine groups is 2. The molecule has 2 heterocycles. The number of amides is 2. The van der Waals surface area contributed by atoms with Gasteiger partial charge in [-0.15, -0.1) is 4.28 Å². The van der Waals surface area contributed by atoms with Gasteiger partial charge in [-0.2, -0.15) is 13.5 Å². The van der Waals surface area contributed by atoms with Crippen LogP contribution < -0.4 is 5.32 Å². The minimum absolute atomic E-state index is 0.0318. The van der Waals surface area contributed by atoms with Crippen molar-refractivity contribution in [1.29, 1.82) is 0 Å². The number of hydrogen-bond acceptors (Lipinski definition) is 6. The minimum Gasteiger partial charge on any atom is -0.469 e. The molecule has 10 heteroatoms. The summed E-state index contributed by atoms with van der Waals surface area (Å²) in [5.74, 6) is -0.763. The molecular weight excluding hydrogens is 280 g/mol. The van der Waals surface area contributed by atoms with Gasteiger partial charge in [0.2, 0.25) is 5.91 Å². The minimum atomic E-state index is -4.73. The molecule has 0 bridgehead atoms. The number of furan rings is 1. The van der Waals surface area contributed by atoms with Crippen LogP contribution >= 0.6 is 0 Å². The van der Waals surface area contributed by atoms with Gasteiger partial charge < -0.3 is 9.73 Å². The van der Waals surface area contributed by atoms with Crippen molar-refractivity contribution < 1.29 is 31.3 Å². The van der Waals surface area contributed by atoms with Crippen LogP contribution in [0.5, 0.6) is 0 Å². The summed E-state index contributed by atoms with van der Waals surface area (Å²) in [5.41, 5.74) is 0. The standard InChI is InChI=1S/C9H10N2O7S/c12-8(4-6-2-1-3-17-6)10-7-5-11(9(7)13)18-19(14,15)16/h1-3,7H,4-5H2,(H,10,12)(H,14,15,16)/t7-/m0/s1. The van der Waals surface area contributed by atoms with Crippen LogP contribution in [0.4, 0.5) is 0 Å². The molecule has 19 heavy (non-hydrogen) atoms. The third-order valence-corrected chi connectivity index (χ3v) is 2.69. The maximum Gasteiger partial charge on any atom is 0.418 e. The summed E-state index contributed by atoms with van der Waals surface area (Å²) in [6, 6.07) is 2.36. The van der Waals surface area contributed by atoms with E-state index in [1.54, 1.807) is 12.1 Å². The summed E-state index contributed by atoms with van der Waals surface area (Å²) in [6.45, 7) is -0.164. The van der Waals surface area contributed by atoms with E-state index in [1.807, 2.05) is 0 Å². The third kappa shape index (κ3) is 3.53. The quantitative estimate of drug-likeness (QED) is 0.519. The Kier molecular flexibility index (Phi) is 3.55. The molecule has 1 aromatic heterocycles. The fourth-order valence-electron chi connectivity index (χ4n) is 1.50. The van der Waals surface area contributed by atoms with Crippen LogP contribution in [0.3, 0.4) is 0 Å². The van der Waals surface area contributed by atoms with Gasteiger partial charge in [0.15, 0.2) is 0 Å². The smallest absolute Gasteiger partial charge is 0.418 e. The fourth-order valence-corrected chi connectivity index (χ4v) is 1.86. The summed E-state index contributed by atoms with van der Waals surface area (Å²) in [4.78, 5) is 22.9. The Morgan fingerprint density at radius 2 is 2.37 bits per heavy atom. The highest BCUT2D eigenvalue weighted by atomic mass is 32.3. The zero-order valence-corrected chi connectivity index (χ0v) is 10.3. The molecule has 0 saturated carbocycles. The Balaban J connectivity index is 1.80. The molecule has 1 saturated heterocycles. The second-order valence-electron chi connectivity index (χ2n) is 3.78. The highest BCUT2D eigenvalue weighted by Gasteiger charge is 2.41. The van der Waals surface area contributed by atoms with E-state index in [0.717, 1.165) is 0 Å². The molecular formula is C9H10N2O7S. The van der Waals surface area contributed by atoms with Crippen LogP contribution in [0.1, 0.15) is 5.76 Å². The lowest BCUT2D eigenvalue weighted by molar-refractivity contribution is -0.182. The normalized spacial score (nSPS) is 19.1. The molecule has 0 spiro atoms. The van der Waals surface area contributed by atoms with Crippen molar-refractivity contribution in [3.8, 4) is 0 Å². The lowest BCUT2D eigenvalue weighted by atomic mass is 10.1. The molecule has 0 unspecified atom stereocenters. The van der Waals surface area contributed by atoms with Crippen LogP contribution in [0.25, 0.3) is 0 Å². The fraction of sp³-hybridized carbons (Fsp3) is 0.333. The van der Waals surface area contributed by atoms with Gasteiger partial charge in [0.05, 0.1) is 19.2 Å². The van der Waals surface area contributed by atoms with Crippen LogP contribution in [0, 0.1) is 0 Å². The van der Waals surface area contributed by atoms with E-state index >= 15 is 0 Å². The van der Waals surface area contributed by atoms with E-state index in [-0.39, 0.29) is 13.0 Å². The molecule has 2 amide bonds. The Morgan fingerprint density at radius 3 is 2.89 bits per heavy atom. The van der Waals surface area contributed by atoms with Crippen molar-refractivity contribution in [2.75, 3.05) is 6.54 Å². The molecule has 9 nitrogen and oxygen atoms in total. The van der Waals surface area contributed by atoms with Crippen molar-refractivity contribution in [3.63, 3.8) is 0 Å². The van der Waals surface area contributed by atoms with E-state index in [1.165, 1.54) is 6.26 Å². The summed E-state index contributed by atoms with van der Waals surface area (Å²) < 4.78 is 38.0. The zero-order valence-electron chi connectivity index (χ0n) is 9.48. The third-order valence-electron chi connectivity index (χ3n) is 2.33. The van der Waals surface area contributed by atoms with Crippen LogP contribution in [-0.2, 0) is 30.7 Å². The predicted molar refractivity (Wildman–Crippen MR) is 58.7 cm³/mol. The first kappa shape index (κ1) is 13.5. The number of β-lactam (4-membered cyclic amide) rings is 1. The van der Waals surface area contributed by atoms with Gasteiger partial charge in [-0.3, -0.25) is 14.1 Å². The predicted octanol–water partition coefficient (Wildman–Crippen LogP) is -1.12. The van der Waals surface area contributed by atoms with E-state index in [4.69, 9.17) is 8.97 Å². The zero-order chi connectivity index (χ0) is 14.0. The van der Waals surface area contributed by atoms with Gasteiger partial charge in [-0.1, -0.05) is 0 Å². The monoisotopic (exact) mass is 290 g/mol. The number of nitrogens with one attached hydrogen (secondary N) is 1. The highest BCUT2D eigenvalue weighted by molar-refractivity contribution is 7.80. The first-order valence-electron chi connectivity index (χ1n) is 5.15. The van der Waals surface area contributed by atoms with Crippen molar-refractivity contribution in [3.05, 3.63) is 24.2 Å². The number of carbonyl (C=O) groups excluding carboxylic acids is 2. The highest BCUT2D eigenvalue weighted by Crippen LogP contribution is 2.13. The first-order valence-corrected chi connectivity index (χ1v) is 6.52. The van der Waals surface area contributed by atoms with E-state index in [0.29, 0.717) is 10.8 Å². The summed E-state index contributed by atoms with van der Waals surface area (Å²) in [5, 5.41) is 2.81. The Morgan fingerprint density at radius 1 is 1.63 bits per heavy atom. The number of hydrogen-bond donors (Lipinski definition) is 2. The molecule has 0 radical (unpaired) electrons. The molecule has 2 N–H and O–H groups in total. The molecule has 1 aliphatic heterocycles. The van der Waals surface area contributed by atoms with Gasteiger partial charge in [0.25, 0.3) is 5.91 Å². The second kappa shape index (κ2) is 4.99. The summed E-state index contributed by atoms with van der Waals surface area (Å²) in [7, 11) is -4.73. The molecule has 1 aromatic rings. The average Bonchev–Trinajstić information content (AvgIpc) is 2.78. The van der Waals surface area contributed by atoms with Gasteiger partial charge in [0.1, 0.15) is 11.8 Å². The van der Waals surface area contributed by atoms with Crippen LogP contribution in [-0.4, -0.2) is 42.4 Å². The van der Waals surface area contributed by atoms with Gasteiger partial charge in [-0.25, -0.2) is 0 Å². The van der Waals surface area contributed by atoms with Crippen LogP contribution in [0.2, 0.25) is 0 Å². The summed E-state index contributed by atoms with van der Waals surface area (Å²) >= 11 is 0. The topological polar surface area (TPSA) is 126 Å². The molecule has 0 aliphatic carbocycles. The van der Waals surface area contributed by atoms with E-state index in [9.17, 15) is 18.0 Å². The molecule has 2 rings (SSSR count). The van der Waals surface area contributed by atoms with Gasteiger partial charge >= 0.3 is 10.4 Å². The van der Waals surface area contributed by atoms with Gasteiger partial charge in [0, 0.05) is 0 Å².